The van der Waals surface area contributed by atoms with E-state index in [1.807, 2.05) is 0 Å². The van der Waals surface area contributed by atoms with Crippen molar-refractivity contribution in [3.63, 3.8) is 0 Å². The molecule has 10 nitrogen and oxygen atoms in total. The van der Waals surface area contributed by atoms with E-state index in [2.05, 4.69) is 5.32 Å². The zero-order valence-corrected chi connectivity index (χ0v) is 17.5. The Morgan fingerprint density at radius 2 is 2.23 bits per heavy atom. The van der Waals surface area contributed by atoms with Gasteiger partial charge in [-0.1, -0.05) is 0 Å². The Labute approximate surface area is 173 Å². The fraction of sp³-hybridized carbons (Fsp3) is 0.571. The Morgan fingerprint density at radius 1 is 1.54 bits per heavy atom. The van der Waals surface area contributed by atoms with Crippen molar-refractivity contribution in [3.8, 4) is 0 Å². The molecular formula is C14H18N3NaO7S. The van der Waals surface area contributed by atoms with Crippen LogP contribution in [0, 0.1) is 5.92 Å². The predicted octanol–water partition coefficient (Wildman–Crippen LogP) is -3.74. The Morgan fingerprint density at radius 3 is 2.77 bits per heavy atom. The van der Waals surface area contributed by atoms with Gasteiger partial charge in [-0.15, -0.1) is 0 Å². The number of hydrogen-bond acceptors (Lipinski definition) is 8. The molecule has 3 unspecified atom stereocenters. The number of hydrogen-bond donors (Lipinski definition) is 1. The molecule has 0 saturated carbocycles. The maximum absolute atomic E-state index is 12.9. The van der Waals surface area contributed by atoms with Crippen LogP contribution in [0.5, 0.6) is 0 Å². The summed E-state index contributed by atoms with van der Waals surface area (Å²) < 4.78 is 39.6. The van der Waals surface area contributed by atoms with Gasteiger partial charge in [0, 0.05) is 12.6 Å². The molecule has 2 aliphatic heterocycles. The quantitative estimate of drug-likeness (QED) is 0.225. The van der Waals surface area contributed by atoms with Crippen LogP contribution in [0.3, 0.4) is 0 Å². The molecule has 26 heavy (non-hydrogen) atoms. The largest absolute Gasteiger partial charge is 1.00 e. The van der Waals surface area contributed by atoms with Gasteiger partial charge >= 0.3 is 29.6 Å². The number of carbonyl (C=O) groups is 2. The summed E-state index contributed by atoms with van der Waals surface area (Å²) in [6.07, 6.45) is 1.69. The van der Waals surface area contributed by atoms with E-state index in [0.717, 1.165) is 9.37 Å². The summed E-state index contributed by atoms with van der Waals surface area (Å²) in [5.41, 5.74) is -1.21. The third kappa shape index (κ3) is 3.38. The molecule has 3 atom stereocenters. The minimum Gasteiger partial charge on any atom is -0.735 e. The molecule has 138 valence electrons. The second-order valence-electron chi connectivity index (χ2n) is 6.06. The van der Waals surface area contributed by atoms with Crippen molar-refractivity contribution in [1.82, 2.24) is 9.62 Å². The van der Waals surface area contributed by atoms with Gasteiger partial charge in [-0.3, -0.25) is 14.4 Å². The van der Waals surface area contributed by atoms with Crippen LogP contribution in [0.2, 0.25) is 0 Å². The number of ketones is 1. The molecule has 2 aliphatic rings. The van der Waals surface area contributed by atoms with E-state index in [1.54, 1.807) is 6.07 Å². The fourth-order valence-corrected chi connectivity index (χ4v) is 4.46. The number of rotatable bonds is 6. The third-order valence-corrected chi connectivity index (χ3v) is 5.72. The molecule has 2 saturated heterocycles. The van der Waals surface area contributed by atoms with Crippen molar-refractivity contribution in [3.05, 3.63) is 18.4 Å². The predicted molar refractivity (Wildman–Crippen MR) is 82.9 cm³/mol. The molecule has 0 aliphatic carbocycles. The van der Waals surface area contributed by atoms with E-state index in [1.165, 1.54) is 26.4 Å². The van der Waals surface area contributed by atoms with Gasteiger partial charge in [0.2, 0.25) is 5.88 Å². The van der Waals surface area contributed by atoms with Gasteiger partial charge in [-0.2, -0.15) is 5.06 Å². The number of carbonyl (C=O) groups excluding carboxylic acids is 2. The summed E-state index contributed by atoms with van der Waals surface area (Å²) in [6, 6.07) is 2.30. The van der Waals surface area contributed by atoms with Gasteiger partial charge in [0.05, 0.1) is 25.3 Å². The number of anilines is 1. The topological polar surface area (TPSA) is 132 Å². The minimum atomic E-state index is -4.64. The number of amides is 1. The molecule has 0 bridgehead atoms. The SMILES string of the molecule is CON(C(=O)C(C)C(=O)C12CN(S(=O)(=O)[O-])C1CCN2)c1ccco1.[Na+]. The first kappa shape index (κ1) is 21.5. The van der Waals surface area contributed by atoms with E-state index >= 15 is 0 Å². The molecule has 12 heteroatoms. The van der Waals surface area contributed by atoms with Crippen LogP contribution in [-0.2, 0) is 24.7 Å². The van der Waals surface area contributed by atoms with Gasteiger partial charge in [0.15, 0.2) is 16.1 Å². The molecule has 3 rings (SSSR count). The molecule has 0 spiro atoms. The van der Waals surface area contributed by atoms with E-state index in [-0.39, 0.29) is 42.0 Å². The van der Waals surface area contributed by atoms with Crippen molar-refractivity contribution in [2.45, 2.75) is 24.9 Å². The molecular weight excluding hydrogens is 377 g/mol. The number of hydroxylamine groups is 1. The van der Waals surface area contributed by atoms with Gasteiger partial charge < -0.3 is 14.3 Å². The van der Waals surface area contributed by atoms with Crippen LogP contribution in [0.4, 0.5) is 5.88 Å². The van der Waals surface area contributed by atoms with Crippen molar-refractivity contribution >= 4 is 27.9 Å². The van der Waals surface area contributed by atoms with Gasteiger partial charge in [-0.05, 0) is 26.0 Å². The number of fused-ring (bicyclic) bond motifs is 1. The van der Waals surface area contributed by atoms with Crippen molar-refractivity contribution in [1.29, 1.82) is 0 Å². The van der Waals surface area contributed by atoms with Crippen molar-refractivity contribution < 1.29 is 61.4 Å². The fourth-order valence-electron chi connectivity index (χ4n) is 3.50. The van der Waals surface area contributed by atoms with Crippen LogP contribution in [0.15, 0.2) is 22.8 Å². The average molecular weight is 395 g/mol. The summed E-state index contributed by atoms with van der Waals surface area (Å²) >= 11 is 0. The maximum Gasteiger partial charge on any atom is 1.00 e. The second-order valence-corrected chi connectivity index (χ2v) is 7.38. The summed E-state index contributed by atoms with van der Waals surface area (Å²) in [6.45, 7) is 1.53. The summed E-state index contributed by atoms with van der Waals surface area (Å²) in [5, 5.41) is 3.83. The van der Waals surface area contributed by atoms with Crippen molar-refractivity contribution in [2.24, 2.45) is 5.92 Å². The van der Waals surface area contributed by atoms with Gasteiger partial charge in [0.25, 0.3) is 5.91 Å². The zero-order valence-electron chi connectivity index (χ0n) is 14.7. The van der Waals surface area contributed by atoms with E-state index < -0.39 is 39.5 Å². The Balaban J connectivity index is 0.00000243. The molecule has 1 aromatic heterocycles. The van der Waals surface area contributed by atoms with Crippen LogP contribution in [0.25, 0.3) is 0 Å². The van der Waals surface area contributed by atoms with E-state index in [4.69, 9.17) is 9.25 Å². The first-order chi connectivity index (χ1) is 11.7. The van der Waals surface area contributed by atoms with Crippen LogP contribution in [-0.4, -0.2) is 60.7 Å². The van der Waals surface area contributed by atoms with E-state index in [9.17, 15) is 22.6 Å². The summed E-state index contributed by atoms with van der Waals surface area (Å²) in [7, 11) is -3.37. The molecule has 1 aromatic rings. The number of Topliss-reactive ketones (excluding diaryl/α,β-unsaturated/α-hetero) is 1. The Bertz CT molecular complexity index is 784. The first-order valence-corrected chi connectivity index (χ1v) is 9.02. The molecule has 3 heterocycles. The number of furan rings is 1. The van der Waals surface area contributed by atoms with Gasteiger partial charge in [-0.25, -0.2) is 12.7 Å². The second kappa shape index (κ2) is 7.68. The van der Waals surface area contributed by atoms with Crippen LogP contribution in [0.1, 0.15) is 13.3 Å². The minimum absolute atomic E-state index is 0. The number of nitrogens with zero attached hydrogens (tertiary/aromatic N) is 2. The standard InChI is InChI=1S/C14H19N3O7S.Na/c1-9(13(19)17(23-2)11-4-3-7-24-11)12(18)14-8-16(25(20,21)22)10(14)5-6-15-14;/h3-4,7,9-10,15H,5-6,8H2,1-2H3,(H,20,21,22);/q;+1/p-1. The molecule has 0 aromatic carbocycles. The summed E-state index contributed by atoms with van der Waals surface area (Å²) in [4.78, 5) is 30.5. The molecule has 2 fully saturated rings. The van der Waals surface area contributed by atoms with Crippen LogP contribution < -0.4 is 39.9 Å². The summed E-state index contributed by atoms with van der Waals surface area (Å²) in [5.74, 6) is -2.12. The smallest absolute Gasteiger partial charge is 0.735 e. The Hall–Kier alpha value is -0.790. The van der Waals surface area contributed by atoms with Gasteiger partial charge in [0.1, 0.15) is 5.54 Å². The first-order valence-electron chi connectivity index (χ1n) is 7.66. The number of nitrogens with one attached hydrogen (secondary N) is 1. The zero-order chi connectivity index (χ0) is 18.4. The molecule has 0 radical (unpaired) electrons. The van der Waals surface area contributed by atoms with E-state index in [0.29, 0.717) is 13.0 Å². The maximum atomic E-state index is 12.9. The van der Waals surface area contributed by atoms with Crippen LogP contribution >= 0.6 is 0 Å². The normalized spacial score (nSPS) is 26.3. The third-order valence-electron chi connectivity index (χ3n) is 4.76. The monoisotopic (exact) mass is 395 g/mol. The molecule has 1 N–H and O–H groups in total. The molecule has 1 amide bonds. The average Bonchev–Trinajstić information content (AvgIpc) is 3.15. The van der Waals surface area contributed by atoms with Crippen molar-refractivity contribution in [2.75, 3.05) is 25.3 Å². The Kier molecular flexibility index (Phi) is 6.35.